The van der Waals surface area contributed by atoms with E-state index in [9.17, 15) is 4.79 Å². The Balaban J connectivity index is 2.51. The number of carbonyl (C=O) groups excluding carboxylic acids is 1. The highest BCUT2D eigenvalue weighted by Gasteiger charge is 2.30. The topological polar surface area (TPSA) is 35.5 Å². The summed E-state index contributed by atoms with van der Waals surface area (Å²) >= 11 is 1.61. The highest BCUT2D eigenvalue weighted by atomic mass is 32.2. The van der Waals surface area contributed by atoms with Crippen molar-refractivity contribution in [2.45, 2.75) is 18.3 Å². The van der Waals surface area contributed by atoms with Gasteiger partial charge in [0.05, 0.1) is 6.61 Å². The molecule has 3 nitrogen and oxygen atoms in total. The third-order valence-electron chi connectivity index (χ3n) is 1.69. The summed E-state index contributed by atoms with van der Waals surface area (Å²) in [5.41, 5.74) is 0. The zero-order chi connectivity index (χ0) is 9.73. The molecule has 4 heteroatoms. The van der Waals surface area contributed by atoms with Gasteiger partial charge in [-0.1, -0.05) is 6.58 Å². The lowest BCUT2D eigenvalue weighted by Gasteiger charge is -2.25. The van der Waals surface area contributed by atoms with Crippen LogP contribution >= 0.6 is 11.8 Å². The minimum Gasteiger partial charge on any atom is -0.443 e. The van der Waals surface area contributed by atoms with Crippen molar-refractivity contribution in [2.24, 2.45) is 0 Å². The molecule has 0 aromatic carbocycles. The van der Waals surface area contributed by atoms with E-state index in [1.165, 1.54) is 6.08 Å². The first-order chi connectivity index (χ1) is 6.16. The molecular formula is C9H14O3S. The second-order valence-electron chi connectivity index (χ2n) is 3.01. The molecule has 1 atom stereocenters. The van der Waals surface area contributed by atoms with Crippen molar-refractivity contribution in [3.63, 3.8) is 0 Å². The molecule has 0 amide bonds. The van der Waals surface area contributed by atoms with Crippen molar-refractivity contribution in [1.29, 1.82) is 0 Å². The molecule has 0 aromatic heterocycles. The van der Waals surface area contributed by atoms with Crippen LogP contribution in [0.25, 0.3) is 0 Å². The molecule has 1 heterocycles. The van der Waals surface area contributed by atoms with Gasteiger partial charge in [0.1, 0.15) is 0 Å². The van der Waals surface area contributed by atoms with E-state index in [1.807, 2.05) is 6.92 Å². The fourth-order valence-electron chi connectivity index (χ4n) is 1.06. The Morgan fingerprint density at radius 2 is 2.54 bits per heavy atom. The first-order valence-electron chi connectivity index (χ1n) is 4.23. The summed E-state index contributed by atoms with van der Waals surface area (Å²) in [5.74, 6) is 0.571. The summed E-state index contributed by atoms with van der Waals surface area (Å²) in [6, 6.07) is 0. The summed E-state index contributed by atoms with van der Waals surface area (Å²) < 4.78 is 10.5. The molecule has 1 saturated heterocycles. The Morgan fingerprint density at radius 3 is 3.23 bits per heavy atom. The standard InChI is InChI=1S/C9H14O3S/c1-3-8(10)12-9(2)7-11-5-4-6-13-9/h3H,1,4-7H2,2H3. The quantitative estimate of drug-likeness (QED) is 0.503. The summed E-state index contributed by atoms with van der Waals surface area (Å²) in [7, 11) is 0. The summed E-state index contributed by atoms with van der Waals surface area (Å²) in [6.07, 6.45) is 2.18. The Labute approximate surface area is 82.5 Å². The fourth-order valence-corrected chi connectivity index (χ4v) is 2.06. The molecule has 0 bridgehead atoms. The maximum absolute atomic E-state index is 11.0. The average Bonchev–Trinajstić information content (AvgIpc) is 2.30. The summed E-state index contributed by atoms with van der Waals surface area (Å²) in [6.45, 7) is 6.42. The zero-order valence-electron chi connectivity index (χ0n) is 7.75. The molecule has 0 saturated carbocycles. The van der Waals surface area contributed by atoms with E-state index in [2.05, 4.69) is 6.58 Å². The molecule has 1 rings (SSSR count). The maximum atomic E-state index is 11.0. The zero-order valence-corrected chi connectivity index (χ0v) is 8.56. The number of carbonyl (C=O) groups is 1. The lowest BCUT2D eigenvalue weighted by Crippen LogP contribution is -2.32. The van der Waals surface area contributed by atoms with Crippen molar-refractivity contribution >= 4 is 17.7 Å². The molecule has 1 aliphatic rings. The molecule has 1 unspecified atom stereocenters. The largest absolute Gasteiger partial charge is 0.443 e. The molecule has 1 fully saturated rings. The number of hydrogen-bond donors (Lipinski definition) is 0. The van der Waals surface area contributed by atoms with Gasteiger partial charge in [0.15, 0.2) is 4.93 Å². The van der Waals surface area contributed by atoms with Crippen molar-refractivity contribution < 1.29 is 14.3 Å². The van der Waals surface area contributed by atoms with Crippen LogP contribution in [-0.2, 0) is 14.3 Å². The van der Waals surface area contributed by atoms with Gasteiger partial charge in [0.25, 0.3) is 0 Å². The van der Waals surface area contributed by atoms with Crippen molar-refractivity contribution in [2.75, 3.05) is 19.0 Å². The van der Waals surface area contributed by atoms with E-state index in [4.69, 9.17) is 9.47 Å². The molecule has 74 valence electrons. The van der Waals surface area contributed by atoms with Crippen LogP contribution in [0.4, 0.5) is 0 Å². The third-order valence-corrected chi connectivity index (χ3v) is 2.99. The van der Waals surface area contributed by atoms with Crippen LogP contribution < -0.4 is 0 Å². The van der Waals surface area contributed by atoms with Crippen LogP contribution in [0, 0.1) is 0 Å². The normalized spacial score (nSPS) is 29.0. The molecular weight excluding hydrogens is 188 g/mol. The maximum Gasteiger partial charge on any atom is 0.331 e. The molecule has 0 spiro atoms. The second kappa shape index (κ2) is 4.67. The number of rotatable bonds is 2. The third kappa shape index (κ3) is 3.40. The van der Waals surface area contributed by atoms with Gasteiger partial charge in [-0.3, -0.25) is 0 Å². The van der Waals surface area contributed by atoms with Gasteiger partial charge in [-0.15, -0.1) is 11.8 Å². The molecule has 1 aliphatic heterocycles. The second-order valence-corrected chi connectivity index (χ2v) is 4.57. The van der Waals surface area contributed by atoms with Crippen LogP contribution in [0.2, 0.25) is 0 Å². The van der Waals surface area contributed by atoms with Crippen molar-refractivity contribution in [3.8, 4) is 0 Å². The summed E-state index contributed by atoms with van der Waals surface area (Å²) in [4.78, 5) is 10.4. The van der Waals surface area contributed by atoms with Crippen molar-refractivity contribution in [3.05, 3.63) is 12.7 Å². The van der Waals surface area contributed by atoms with E-state index in [-0.39, 0.29) is 5.97 Å². The predicted molar refractivity (Wildman–Crippen MR) is 52.6 cm³/mol. The lowest BCUT2D eigenvalue weighted by molar-refractivity contribution is -0.147. The fraction of sp³-hybridized carbons (Fsp3) is 0.667. The predicted octanol–water partition coefficient (Wildman–Crippen LogP) is 1.59. The molecule has 0 aliphatic carbocycles. The number of ether oxygens (including phenoxy) is 2. The number of hydrogen-bond acceptors (Lipinski definition) is 4. The van der Waals surface area contributed by atoms with Gasteiger partial charge in [-0.05, 0) is 19.1 Å². The van der Waals surface area contributed by atoms with E-state index in [0.29, 0.717) is 6.61 Å². The van der Waals surface area contributed by atoms with Gasteiger partial charge in [-0.25, -0.2) is 4.79 Å². The van der Waals surface area contributed by atoms with Gasteiger partial charge in [-0.2, -0.15) is 0 Å². The van der Waals surface area contributed by atoms with Gasteiger partial charge >= 0.3 is 5.97 Å². The number of thioether (sulfide) groups is 1. The first kappa shape index (κ1) is 10.6. The van der Waals surface area contributed by atoms with Crippen LogP contribution in [0.1, 0.15) is 13.3 Å². The highest BCUT2D eigenvalue weighted by Crippen LogP contribution is 2.29. The molecule has 13 heavy (non-hydrogen) atoms. The minimum absolute atomic E-state index is 0.388. The van der Waals surface area contributed by atoms with Crippen LogP contribution in [0.3, 0.4) is 0 Å². The average molecular weight is 202 g/mol. The van der Waals surface area contributed by atoms with Crippen LogP contribution in [0.15, 0.2) is 12.7 Å². The van der Waals surface area contributed by atoms with E-state index >= 15 is 0 Å². The van der Waals surface area contributed by atoms with Crippen molar-refractivity contribution in [1.82, 2.24) is 0 Å². The monoisotopic (exact) mass is 202 g/mol. The Bertz CT molecular complexity index is 195. The van der Waals surface area contributed by atoms with Crippen LogP contribution in [-0.4, -0.2) is 29.9 Å². The van der Waals surface area contributed by atoms with Gasteiger partial charge in [0, 0.05) is 12.7 Å². The van der Waals surface area contributed by atoms with E-state index in [1.54, 1.807) is 11.8 Å². The first-order valence-corrected chi connectivity index (χ1v) is 5.22. The molecule has 0 aromatic rings. The smallest absolute Gasteiger partial charge is 0.331 e. The Kier molecular flexibility index (Phi) is 3.81. The van der Waals surface area contributed by atoms with Crippen LogP contribution in [0.5, 0.6) is 0 Å². The van der Waals surface area contributed by atoms with E-state index in [0.717, 1.165) is 18.8 Å². The van der Waals surface area contributed by atoms with Gasteiger partial charge < -0.3 is 9.47 Å². The molecule has 0 radical (unpaired) electrons. The summed E-state index contributed by atoms with van der Waals surface area (Å²) in [5, 5.41) is 0. The molecule has 0 N–H and O–H groups in total. The lowest BCUT2D eigenvalue weighted by atomic mass is 10.4. The SMILES string of the molecule is C=CC(=O)OC1(C)COCCCS1. The van der Waals surface area contributed by atoms with Gasteiger partial charge in [0.2, 0.25) is 0 Å². The Morgan fingerprint density at radius 1 is 1.77 bits per heavy atom. The minimum atomic E-state index is -0.540. The number of esters is 1. The Hall–Kier alpha value is -0.480. The van der Waals surface area contributed by atoms with E-state index < -0.39 is 4.93 Å². The highest BCUT2D eigenvalue weighted by molar-refractivity contribution is 8.00.